The Balaban J connectivity index is 1.10. The quantitative estimate of drug-likeness (QED) is 0.0725. The number of carboxylic acid groups (broad SMARTS) is 1. The lowest BCUT2D eigenvalue weighted by Gasteiger charge is -2.49. The molecule has 0 unspecified atom stereocenters. The number of ether oxygens (including phenoxy) is 1. The summed E-state index contributed by atoms with van der Waals surface area (Å²) >= 11 is 1.96. The Bertz CT molecular complexity index is 1830. The maximum absolute atomic E-state index is 13.4. The Morgan fingerprint density at radius 3 is 2.60 bits per heavy atom. The zero-order valence-corrected chi connectivity index (χ0v) is 26.2. The van der Waals surface area contributed by atoms with Gasteiger partial charge in [-0.1, -0.05) is 5.16 Å². The van der Waals surface area contributed by atoms with Crippen molar-refractivity contribution in [2.45, 2.75) is 30.3 Å². The highest BCUT2D eigenvalue weighted by molar-refractivity contribution is 8.00. The summed E-state index contributed by atoms with van der Waals surface area (Å²) in [4.78, 5) is 82.5. The van der Waals surface area contributed by atoms with Crippen LogP contribution in [0.2, 0.25) is 0 Å². The number of benzene rings is 1. The number of hydrogen-bond acceptors (Lipinski definition) is 15. The van der Waals surface area contributed by atoms with Crippen LogP contribution >= 0.6 is 23.3 Å². The Morgan fingerprint density at radius 1 is 1.21 bits per heavy atom. The van der Waals surface area contributed by atoms with Crippen LogP contribution in [0, 0.1) is 10.1 Å². The molecule has 5 heterocycles. The van der Waals surface area contributed by atoms with Crippen LogP contribution in [0.25, 0.3) is 0 Å². The van der Waals surface area contributed by atoms with Crippen LogP contribution in [0.1, 0.15) is 18.7 Å². The molecule has 4 aliphatic rings. The molecular formula is C27H25N9O10S2. The molecule has 6 rings (SSSR count). The molecule has 0 radical (unpaired) electrons. The number of nitrogens with one attached hydrogen (secondary N) is 1. The Kier molecular flexibility index (Phi) is 8.71. The maximum Gasteiger partial charge on any atom is 0.415 e. The third-order valence-electron chi connectivity index (χ3n) is 8.08. The summed E-state index contributed by atoms with van der Waals surface area (Å²) < 4.78 is 9.14. The van der Waals surface area contributed by atoms with Crippen LogP contribution in [0.15, 0.2) is 52.3 Å². The SMILES string of the molecule is Nc1nc(/C(=N/O)C(=O)N[C@@H]2C(=O)N3C(C(=O)O)=C(/C=C4\CCN([C@@H]5CCN(C(=O)Oc6ccc([N+](=O)[O-])cc6)C5)C4=O)CS[C@H]23)ns1. The monoisotopic (exact) mass is 699 g/mol. The van der Waals surface area contributed by atoms with Crippen LogP contribution in [0.5, 0.6) is 5.75 Å². The molecule has 4 aliphatic heterocycles. The third kappa shape index (κ3) is 5.99. The number of likely N-dealkylation sites (tertiary alicyclic amines) is 2. The largest absolute Gasteiger partial charge is 0.477 e. The van der Waals surface area contributed by atoms with Crippen LogP contribution in [0.4, 0.5) is 15.6 Å². The summed E-state index contributed by atoms with van der Waals surface area (Å²) in [7, 11) is 0. The molecule has 3 saturated heterocycles. The molecule has 0 saturated carbocycles. The Labute approximate surface area is 278 Å². The number of carbonyl (C=O) groups is 5. The number of amides is 4. The van der Waals surface area contributed by atoms with Gasteiger partial charge in [-0.25, -0.2) is 9.59 Å². The average molecular weight is 700 g/mol. The van der Waals surface area contributed by atoms with Gasteiger partial charge in [0.05, 0.1) is 11.0 Å². The number of nitrogens with two attached hydrogens (primary N) is 1. The number of thioether (sulfide) groups is 1. The molecule has 19 nitrogen and oxygen atoms in total. The normalized spacial score (nSPS) is 23.3. The van der Waals surface area contributed by atoms with Gasteiger partial charge in [-0.2, -0.15) is 9.36 Å². The van der Waals surface area contributed by atoms with E-state index in [-0.39, 0.29) is 57.9 Å². The van der Waals surface area contributed by atoms with Crippen LogP contribution < -0.4 is 15.8 Å². The first-order chi connectivity index (χ1) is 23.0. The van der Waals surface area contributed by atoms with Crippen molar-refractivity contribution in [2.24, 2.45) is 5.16 Å². The van der Waals surface area contributed by atoms with Gasteiger partial charge in [0.25, 0.3) is 17.5 Å². The summed E-state index contributed by atoms with van der Waals surface area (Å²) in [5.74, 6) is -3.33. The van der Waals surface area contributed by atoms with Gasteiger partial charge in [0, 0.05) is 54.6 Å². The molecule has 0 spiro atoms. The Hall–Kier alpha value is -5.57. The molecule has 1 aromatic heterocycles. The van der Waals surface area contributed by atoms with Crippen LogP contribution in [-0.4, -0.2) is 118 Å². The fourth-order valence-electron chi connectivity index (χ4n) is 5.78. The molecule has 3 atom stereocenters. The van der Waals surface area contributed by atoms with Gasteiger partial charge >= 0.3 is 12.1 Å². The number of carboxylic acids is 1. The molecule has 48 heavy (non-hydrogen) atoms. The fourth-order valence-corrected chi connectivity index (χ4v) is 7.52. The second-order valence-electron chi connectivity index (χ2n) is 10.9. The van der Waals surface area contributed by atoms with E-state index >= 15 is 0 Å². The van der Waals surface area contributed by atoms with Gasteiger partial charge in [-0.15, -0.1) is 11.8 Å². The number of aliphatic carboxylic acids is 1. The van der Waals surface area contributed by atoms with E-state index in [0.717, 1.165) is 16.4 Å². The second kappa shape index (κ2) is 12.9. The van der Waals surface area contributed by atoms with E-state index in [2.05, 4.69) is 19.8 Å². The minimum Gasteiger partial charge on any atom is -0.477 e. The lowest BCUT2D eigenvalue weighted by molar-refractivity contribution is -0.384. The molecule has 2 aromatic rings. The molecule has 0 bridgehead atoms. The van der Waals surface area contributed by atoms with Crippen molar-refractivity contribution >= 4 is 69.6 Å². The number of nitro benzene ring substituents is 1. The highest BCUT2D eigenvalue weighted by Crippen LogP contribution is 2.41. The van der Waals surface area contributed by atoms with E-state index in [4.69, 9.17) is 10.5 Å². The van der Waals surface area contributed by atoms with Gasteiger partial charge in [0.1, 0.15) is 22.9 Å². The first kappa shape index (κ1) is 32.4. The average Bonchev–Trinajstić information content (AvgIpc) is 3.81. The number of allylic oxidation sites excluding steroid dienone is 1. The van der Waals surface area contributed by atoms with Crippen molar-refractivity contribution in [2.75, 3.05) is 31.1 Å². The number of non-ortho nitro benzene ring substituents is 1. The maximum atomic E-state index is 13.4. The van der Waals surface area contributed by atoms with E-state index < -0.39 is 45.9 Å². The number of nitro groups is 1. The summed E-state index contributed by atoms with van der Waals surface area (Å²) in [6.45, 7) is 0.868. The number of carbonyl (C=O) groups excluding carboxylic acids is 4. The van der Waals surface area contributed by atoms with Gasteiger partial charge in [-0.3, -0.25) is 29.4 Å². The zero-order chi connectivity index (χ0) is 34.3. The fraction of sp³-hybridized carbons (Fsp3) is 0.333. The first-order valence-electron chi connectivity index (χ1n) is 14.2. The number of nitrogen functional groups attached to an aromatic ring is 1. The number of anilines is 1. The highest BCUT2D eigenvalue weighted by Gasteiger charge is 2.54. The number of rotatable bonds is 8. The number of hydrogen-bond donors (Lipinski definition) is 4. The molecule has 4 amide bonds. The topological polar surface area (TPSA) is 264 Å². The summed E-state index contributed by atoms with van der Waals surface area (Å²) in [5, 5.41) is 34.8. The lowest BCUT2D eigenvalue weighted by atomic mass is 10.0. The zero-order valence-electron chi connectivity index (χ0n) is 24.5. The number of nitrogens with zero attached hydrogens (tertiary/aromatic N) is 7. The smallest absolute Gasteiger partial charge is 0.415 e. The van der Waals surface area contributed by atoms with Crippen molar-refractivity contribution in [3.05, 3.63) is 63.1 Å². The number of fused-ring (bicyclic) bond motifs is 1. The van der Waals surface area contributed by atoms with Crippen molar-refractivity contribution in [3.8, 4) is 5.75 Å². The lowest BCUT2D eigenvalue weighted by Crippen LogP contribution is -2.71. The van der Waals surface area contributed by atoms with E-state index in [1.54, 1.807) is 4.90 Å². The van der Waals surface area contributed by atoms with Crippen molar-refractivity contribution < 1.29 is 43.9 Å². The van der Waals surface area contributed by atoms with E-state index in [0.29, 0.717) is 31.5 Å². The second-order valence-corrected chi connectivity index (χ2v) is 12.8. The van der Waals surface area contributed by atoms with Gasteiger partial charge in [0.2, 0.25) is 17.4 Å². The molecular weight excluding hydrogens is 674 g/mol. The van der Waals surface area contributed by atoms with Gasteiger partial charge in [0.15, 0.2) is 5.13 Å². The van der Waals surface area contributed by atoms with Crippen LogP contribution in [-0.2, 0) is 19.2 Å². The van der Waals surface area contributed by atoms with E-state index in [1.165, 1.54) is 47.0 Å². The predicted octanol–water partition coefficient (Wildman–Crippen LogP) is 0.377. The summed E-state index contributed by atoms with van der Waals surface area (Å²) in [6.07, 6.45) is 1.63. The van der Waals surface area contributed by atoms with Crippen molar-refractivity contribution in [1.29, 1.82) is 0 Å². The molecule has 5 N–H and O–H groups in total. The molecule has 1 aromatic carbocycles. The third-order valence-corrected chi connectivity index (χ3v) is 9.92. The number of β-lactam (4-membered cyclic amide) rings is 1. The predicted molar refractivity (Wildman–Crippen MR) is 166 cm³/mol. The standard InChI is InChI=1S/C27H25N9O10S2/c28-26-30-20(32-48-26)17(31-43)21(37)29-18-23(39)35-19(25(40)41)13(11-47-24(18)35)9-12-5-8-34(22(12)38)15-6-7-33(10-15)27(42)46-16-3-1-14(2-4-16)36(44)45/h1-4,9,15,18,24,43H,5-8,10-11H2,(H,29,37)(H,40,41)(H2,28,30,32)/b12-9+,31-17-/t15-,18-,24-/m1/s1. The van der Waals surface area contributed by atoms with Crippen molar-refractivity contribution in [3.63, 3.8) is 0 Å². The first-order valence-corrected chi connectivity index (χ1v) is 16.1. The number of aromatic nitrogens is 2. The summed E-state index contributed by atoms with van der Waals surface area (Å²) in [5.41, 5.74) is 5.12. The van der Waals surface area contributed by atoms with E-state index in [1.807, 2.05) is 0 Å². The highest BCUT2D eigenvalue weighted by atomic mass is 32.2. The number of oxime groups is 1. The molecule has 0 aliphatic carbocycles. The Morgan fingerprint density at radius 2 is 1.96 bits per heavy atom. The summed E-state index contributed by atoms with van der Waals surface area (Å²) in [6, 6.07) is 3.65. The molecule has 250 valence electrons. The molecule has 3 fully saturated rings. The van der Waals surface area contributed by atoms with E-state index in [9.17, 15) is 44.4 Å². The van der Waals surface area contributed by atoms with Gasteiger partial charge < -0.3 is 35.9 Å². The van der Waals surface area contributed by atoms with Crippen molar-refractivity contribution in [1.82, 2.24) is 29.4 Å². The minimum atomic E-state index is -1.38. The van der Waals surface area contributed by atoms with Crippen LogP contribution in [0.3, 0.4) is 0 Å². The van der Waals surface area contributed by atoms with Gasteiger partial charge in [-0.05, 0) is 36.6 Å². The minimum absolute atomic E-state index is 0.0289. The molecule has 21 heteroatoms.